The van der Waals surface area contributed by atoms with E-state index in [1.165, 1.54) is 0 Å². The summed E-state index contributed by atoms with van der Waals surface area (Å²) >= 11 is 0. The Morgan fingerprint density at radius 1 is 0.971 bits per heavy atom. The van der Waals surface area contributed by atoms with Crippen molar-refractivity contribution in [1.29, 1.82) is 0 Å². The van der Waals surface area contributed by atoms with Crippen LogP contribution in [0.4, 0.5) is 0 Å². The van der Waals surface area contributed by atoms with E-state index in [0.29, 0.717) is 30.8 Å². The van der Waals surface area contributed by atoms with Crippen LogP contribution in [0.3, 0.4) is 0 Å². The van der Waals surface area contributed by atoms with E-state index in [0.717, 1.165) is 32.1 Å². The zero-order valence-corrected chi connectivity index (χ0v) is 22.7. The summed E-state index contributed by atoms with van der Waals surface area (Å²) in [5, 5.41) is 43.2. The topological polar surface area (TPSA) is 107 Å². The Hall–Kier alpha value is -0.690. The van der Waals surface area contributed by atoms with Gasteiger partial charge in [0, 0.05) is 0 Å². The van der Waals surface area contributed by atoms with Gasteiger partial charge in [-0.05, 0) is 90.8 Å². The highest BCUT2D eigenvalue weighted by Crippen LogP contribution is 2.66. The Labute approximate surface area is 211 Å². The van der Waals surface area contributed by atoms with Crippen molar-refractivity contribution in [2.24, 2.45) is 58.2 Å². The zero-order valence-electron chi connectivity index (χ0n) is 22.7. The van der Waals surface area contributed by atoms with E-state index in [1.54, 1.807) is 0 Å². The number of carbonyl (C=O) groups excluding carboxylic acids is 1. The molecule has 6 nitrogen and oxygen atoms in total. The van der Waals surface area contributed by atoms with Crippen LogP contribution in [-0.2, 0) is 9.53 Å². The molecule has 0 spiro atoms. The third-order valence-electron chi connectivity index (χ3n) is 11.7. The summed E-state index contributed by atoms with van der Waals surface area (Å²) in [4.78, 5) is 13.0. The molecule has 0 aromatic rings. The second-order valence-corrected chi connectivity index (χ2v) is 13.5. The van der Waals surface area contributed by atoms with Crippen molar-refractivity contribution in [2.75, 3.05) is 6.61 Å². The minimum atomic E-state index is -0.867. The highest BCUT2D eigenvalue weighted by Gasteiger charge is 2.63. The molecule has 1 saturated heterocycles. The van der Waals surface area contributed by atoms with Crippen LogP contribution in [0.5, 0.6) is 0 Å². The van der Waals surface area contributed by atoms with E-state index in [9.17, 15) is 25.2 Å². The molecule has 6 heteroatoms. The van der Waals surface area contributed by atoms with Crippen LogP contribution >= 0.6 is 0 Å². The van der Waals surface area contributed by atoms with Crippen molar-refractivity contribution < 1.29 is 30.0 Å². The zero-order chi connectivity index (χ0) is 25.9. The molecule has 13 atom stereocenters. The number of cyclic esters (lactones) is 1. The van der Waals surface area contributed by atoms with E-state index in [-0.39, 0.29) is 52.8 Å². The van der Waals surface area contributed by atoms with Gasteiger partial charge in [-0.15, -0.1) is 0 Å². The minimum absolute atomic E-state index is 0.00679. The first-order valence-electron chi connectivity index (χ1n) is 14.3. The van der Waals surface area contributed by atoms with Crippen LogP contribution in [0.2, 0.25) is 0 Å². The molecule has 4 N–H and O–H groups in total. The van der Waals surface area contributed by atoms with Gasteiger partial charge in [0.05, 0.1) is 36.9 Å². The summed E-state index contributed by atoms with van der Waals surface area (Å²) in [5.41, 5.74) is -0.348. The van der Waals surface area contributed by atoms with Crippen molar-refractivity contribution in [1.82, 2.24) is 0 Å². The van der Waals surface area contributed by atoms with Gasteiger partial charge in [-0.25, -0.2) is 0 Å². The highest BCUT2D eigenvalue weighted by atomic mass is 16.5. The first-order chi connectivity index (χ1) is 16.4. The predicted octanol–water partition coefficient (Wildman–Crippen LogP) is 3.78. The number of hydrogen-bond donors (Lipinski definition) is 4. The van der Waals surface area contributed by atoms with E-state index in [2.05, 4.69) is 41.5 Å². The molecule has 1 aliphatic heterocycles. The quantitative estimate of drug-likeness (QED) is 0.419. The predicted molar refractivity (Wildman–Crippen MR) is 134 cm³/mol. The number of fused-ring (bicyclic) bond motifs is 5. The Balaban J connectivity index is 1.57. The molecule has 35 heavy (non-hydrogen) atoms. The maximum absolute atomic E-state index is 13.0. The monoisotopic (exact) mass is 494 g/mol. The molecular weight excluding hydrogens is 444 g/mol. The normalized spacial score (nSPS) is 47.1. The molecule has 0 aromatic heterocycles. The van der Waals surface area contributed by atoms with E-state index in [4.69, 9.17) is 4.74 Å². The molecule has 4 fully saturated rings. The van der Waals surface area contributed by atoms with Crippen molar-refractivity contribution >= 4 is 5.97 Å². The van der Waals surface area contributed by atoms with Gasteiger partial charge in [0.1, 0.15) is 0 Å². The average molecular weight is 495 g/mol. The van der Waals surface area contributed by atoms with Crippen LogP contribution in [-0.4, -0.2) is 57.4 Å². The maximum atomic E-state index is 13.0. The smallest absolute Gasteiger partial charge is 0.309 e. The highest BCUT2D eigenvalue weighted by molar-refractivity contribution is 5.74. The van der Waals surface area contributed by atoms with Gasteiger partial charge >= 0.3 is 5.97 Å². The maximum Gasteiger partial charge on any atom is 0.309 e. The number of rotatable bonds is 6. The number of esters is 1. The molecular formula is C29H50O6. The van der Waals surface area contributed by atoms with Gasteiger partial charge in [0.25, 0.3) is 0 Å². The fourth-order valence-electron chi connectivity index (χ4n) is 9.60. The molecule has 1 heterocycles. The lowest BCUT2D eigenvalue weighted by atomic mass is 9.48. The van der Waals surface area contributed by atoms with Gasteiger partial charge in [0.2, 0.25) is 0 Å². The van der Waals surface area contributed by atoms with E-state index < -0.39 is 24.4 Å². The summed E-state index contributed by atoms with van der Waals surface area (Å²) in [5.74, 6) is 1.01. The standard InChI is InChI=1S/C29H50O6/c1-7-17(15(2)3)26(33)25(32)16(4)19-8-9-20-18-14-35-27(34)22-12-23(30)24(31)13-29(22,6)21(18)10-11-28(19,20)5/h15-26,30-33H,7-14H2,1-6H3/t16-,17+,18-,19+,20-,21-,22+,23-,24+,25+,26+,28+,29+/m0/s1. The van der Waals surface area contributed by atoms with E-state index in [1.807, 2.05) is 0 Å². The molecule has 3 saturated carbocycles. The lowest BCUT2D eigenvalue weighted by molar-refractivity contribution is -0.162. The Morgan fingerprint density at radius 3 is 2.26 bits per heavy atom. The van der Waals surface area contributed by atoms with Crippen LogP contribution in [0.15, 0.2) is 0 Å². The van der Waals surface area contributed by atoms with Gasteiger partial charge in [-0.3, -0.25) is 4.79 Å². The molecule has 0 unspecified atom stereocenters. The average Bonchev–Trinajstić information content (AvgIpc) is 3.11. The number of aliphatic hydroxyl groups excluding tert-OH is 4. The van der Waals surface area contributed by atoms with Crippen molar-refractivity contribution in [3.63, 3.8) is 0 Å². The lowest BCUT2D eigenvalue weighted by Gasteiger charge is -2.56. The summed E-state index contributed by atoms with van der Waals surface area (Å²) in [7, 11) is 0. The second-order valence-electron chi connectivity index (χ2n) is 13.5. The van der Waals surface area contributed by atoms with Crippen LogP contribution in [0.25, 0.3) is 0 Å². The first-order valence-corrected chi connectivity index (χ1v) is 14.3. The Bertz CT molecular complexity index is 770. The van der Waals surface area contributed by atoms with Gasteiger partial charge in [-0.2, -0.15) is 0 Å². The molecule has 0 bridgehead atoms. The number of aliphatic hydroxyl groups is 4. The van der Waals surface area contributed by atoms with Gasteiger partial charge < -0.3 is 25.2 Å². The number of carbonyl (C=O) groups is 1. The summed E-state index contributed by atoms with van der Waals surface area (Å²) in [6, 6.07) is 0. The molecule has 3 aliphatic carbocycles. The molecule has 0 aromatic carbocycles. The third kappa shape index (κ3) is 4.38. The molecule has 4 rings (SSSR count). The minimum Gasteiger partial charge on any atom is -0.465 e. The number of ether oxygens (including phenoxy) is 1. The molecule has 202 valence electrons. The van der Waals surface area contributed by atoms with Crippen LogP contribution < -0.4 is 0 Å². The summed E-state index contributed by atoms with van der Waals surface area (Å²) in [6.07, 6.45) is 2.49. The largest absolute Gasteiger partial charge is 0.465 e. The molecule has 0 radical (unpaired) electrons. The molecule has 0 amide bonds. The Morgan fingerprint density at radius 2 is 1.63 bits per heavy atom. The fourth-order valence-corrected chi connectivity index (χ4v) is 9.60. The third-order valence-corrected chi connectivity index (χ3v) is 11.7. The van der Waals surface area contributed by atoms with Crippen molar-refractivity contribution in [3.05, 3.63) is 0 Å². The van der Waals surface area contributed by atoms with Crippen LogP contribution in [0.1, 0.15) is 86.5 Å². The molecule has 4 aliphatic rings. The van der Waals surface area contributed by atoms with Gasteiger partial charge in [-0.1, -0.05) is 48.0 Å². The Kier molecular flexibility index (Phi) is 7.72. The van der Waals surface area contributed by atoms with Gasteiger partial charge in [0.15, 0.2) is 0 Å². The summed E-state index contributed by atoms with van der Waals surface area (Å²) < 4.78 is 5.88. The van der Waals surface area contributed by atoms with Crippen LogP contribution in [0, 0.1) is 58.2 Å². The number of hydrogen-bond acceptors (Lipinski definition) is 6. The first kappa shape index (κ1) is 27.3. The van der Waals surface area contributed by atoms with E-state index >= 15 is 0 Å². The van der Waals surface area contributed by atoms with Crippen molar-refractivity contribution in [3.8, 4) is 0 Å². The lowest BCUT2D eigenvalue weighted by Crippen LogP contribution is -2.55. The second kappa shape index (κ2) is 9.89. The van der Waals surface area contributed by atoms with Crippen molar-refractivity contribution in [2.45, 2.75) is 111 Å². The summed E-state index contributed by atoms with van der Waals surface area (Å²) in [6.45, 7) is 13.4. The fraction of sp³-hybridized carbons (Fsp3) is 0.966. The SMILES string of the molecule is CC[C@H](C(C)C)[C@@H](O)[C@H](O)[C@@H](C)[C@H]1CC[C@H]2[C@@H]3COC(=O)[C@H]4C[C@H](O)[C@H](O)C[C@]4(C)[C@H]3CC[C@]12C.